The highest BCUT2D eigenvalue weighted by Crippen LogP contribution is 2.42. The molecule has 0 radical (unpaired) electrons. The highest BCUT2D eigenvalue weighted by molar-refractivity contribution is 5.96. The van der Waals surface area contributed by atoms with E-state index in [4.69, 9.17) is 9.47 Å². The first-order valence-corrected chi connectivity index (χ1v) is 14.3. The van der Waals surface area contributed by atoms with Gasteiger partial charge in [-0.3, -0.25) is 9.59 Å². The number of pyridine rings is 1. The van der Waals surface area contributed by atoms with E-state index in [1.54, 1.807) is 0 Å². The molecular formula is C31H42N4O4. The highest BCUT2D eigenvalue weighted by Gasteiger charge is 2.41. The van der Waals surface area contributed by atoms with Gasteiger partial charge in [0, 0.05) is 68.0 Å². The van der Waals surface area contributed by atoms with Crippen molar-refractivity contribution in [2.75, 3.05) is 39.9 Å². The first-order chi connectivity index (χ1) is 18.8. The zero-order chi connectivity index (χ0) is 27.7. The van der Waals surface area contributed by atoms with Gasteiger partial charge in [0.05, 0.1) is 5.92 Å². The van der Waals surface area contributed by atoms with Crippen molar-refractivity contribution < 1.29 is 14.3 Å². The normalized spacial score (nSPS) is 24.0. The maximum atomic E-state index is 13.9. The smallest absolute Gasteiger partial charge is 0.253 e. The average Bonchev–Trinajstić information content (AvgIpc) is 3.33. The van der Waals surface area contributed by atoms with Crippen molar-refractivity contribution in [2.45, 2.75) is 65.6 Å². The SMILES string of the molecule is CCN(C1=CC2OC(C3=CCN(C)CC3)=CC2C(C(=O)NCc2c(C)cc(C)[nH]c2=O)=C1C)C1CCOCC1. The molecule has 210 valence electrons. The molecule has 4 heterocycles. The van der Waals surface area contributed by atoms with Crippen molar-refractivity contribution in [1.82, 2.24) is 20.1 Å². The molecule has 39 heavy (non-hydrogen) atoms. The van der Waals surface area contributed by atoms with Gasteiger partial charge in [-0.2, -0.15) is 0 Å². The summed E-state index contributed by atoms with van der Waals surface area (Å²) in [5.41, 5.74) is 6.12. The fourth-order valence-corrected chi connectivity index (χ4v) is 6.37. The number of fused-ring (bicyclic) bond motifs is 1. The van der Waals surface area contributed by atoms with Crippen LogP contribution in [0.2, 0.25) is 0 Å². The second-order valence-corrected chi connectivity index (χ2v) is 11.2. The molecule has 0 spiro atoms. The summed E-state index contributed by atoms with van der Waals surface area (Å²) in [7, 11) is 2.12. The van der Waals surface area contributed by atoms with Gasteiger partial charge < -0.3 is 29.6 Å². The number of amides is 1. The number of hydrogen-bond donors (Lipinski definition) is 2. The number of aromatic amines is 1. The van der Waals surface area contributed by atoms with Gasteiger partial charge in [-0.1, -0.05) is 6.08 Å². The third kappa shape index (κ3) is 5.63. The summed E-state index contributed by atoms with van der Waals surface area (Å²) in [5, 5.41) is 3.08. The Hall–Kier alpha value is -3.10. The van der Waals surface area contributed by atoms with Gasteiger partial charge in [-0.05, 0) is 88.9 Å². The summed E-state index contributed by atoms with van der Waals surface area (Å²) in [6.45, 7) is 12.4. The van der Waals surface area contributed by atoms with Crippen LogP contribution in [0.5, 0.6) is 0 Å². The topological polar surface area (TPSA) is 86.9 Å². The quantitative estimate of drug-likeness (QED) is 0.557. The van der Waals surface area contributed by atoms with E-state index in [1.807, 2.05) is 19.9 Å². The number of hydrogen-bond acceptors (Lipinski definition) is 6. The van der Waals surface area contributed by atoms with Crippen LogP contribution in [0.1, 0.15) is 49.9 Å². The van der Waals surface area contributed by atoms with Crippen LogP contribution in [0.25, 0.3) is 0 Å². The Balaban J connectivity index is 1.47. The number of allylic oxidation sites excluding steroid dienone is 2. The molecule has 8 nitrogen and oxygen atoms in total. The molecule has 1 saturated heterocycles. The summed E-state index contributed by atoms with van der Waals surface area (Å²) >= 11 is 0. The van der Waals surface area contributed by atoms with Gasteiger partial charge in [0.15, 0.2) is 0 Å². The molecule has 2 atom stereocenters. The summed E-state index contributed by atoms with van der Waals surface area (Å²) in [5.74, 6) is 0.581. The van der Waals surface area contributed by atoms with Gasteiger partial charge in [0.2, 0.25) is 5.91 Å². The number of nitrogens with one attached hydrogen (secondary N) is 2. The number of ether oxygens (including phenoxy) is 2. The Morgan fingerprint density at radius 1 is 1.21 bits per heavy atom. The van der Waals surface area contributed by atoms with Crippen molar-refractivity contribution in [3.63, 3.8) is 0 Å². The first kappa shape index (κ1) is 27.5. The van der Waals surface area contributed by atoms with Crippen molar-refractivity contribution in [1.29, 1.82) is 0 Å². The number of H-pyrrole nitrogens is 1. The van der Waals surface area contributed by atoms with Gasteiger partial charge in [0.25, 0.3) is 5.56 Å². The minimum absolute atomic E-state index is 0.144. The van der Waals surface area contributed by atoms with Crippen molar-refractivity contribution >= 4 is 5.91 Å². The number of carbonyl (C=O) groups is 1. The molecule has 1 aromatic rings. The lowest BCUT2D eigenvalue weighted by atomic mass is 9.82. The molecule has 3 aliphatic heterocycles. The molecule has 1 aliphatic carbocycles. The van der Waals surface area contributed by atoms with Crippen LogP contribution in [0.4, 0.5) is 0 Å². The standard InChI is InChI=1S/C31H42N4O4/c1-6-35(23-9-13-38-14-10-23)26-17-28-24(16-27(39-28)22-7-11-34(5)12-8-22)29(21(26)4)31(37)32-18-25-19(2)15-20(3)33-30(25)36/h7,15-17,23-24,28H,6,8-14,18H2,1-5H3,(H,32,37)(H,33,36). The Kier molecular flexibility index (Phi) is 8.14. The Labute approximate surface area is 231 Å². The van der Waals surface area contributed by atoms with Gasteiger partial charge in [0.1, 0.15) is 11.9 Å². The predicted molar refractivity (Wildman–Crippen MR) is 152 cm³/mol. The third-order valence-electron chi connectivity index (χ3n) is 8.57. The molecule has 0 bridgehead atoms. The molecule has 0 saturated carbocycles. The van der Waals surface area contributed by atoms with Crippen LogP contribution >= 0.6 is 0 Å². The fourth-order valence-electron chi connectivity index (χ4n) is 6.37. The minimum Gasteiger partial charge on any atom is -0.485 e. The Bertz CT molecular complexity index is 1300. The molecule has 1 amide bonds. The molecule has 0 aromatic carbocycles. The molecule has 5 rings (SSSR count). The lowest BCUT2D eigenvalue weighted by molar-refractivity contribution is -0.118. The zero-order valence-corrected chi connectivity index (χ0v) is 23.9. The Morgan fingerprint density at radius 2 is 1.97 bits per heavy atom. The van der Waals surface area contributed by atoms with Crippen LogP contribution in [0.3, 0.4) is 0 Å². The molecular weight excluding hydrogens is 492 g/mol. The van der Waals surface area contributed by atoms with E-state index in [0.717, 1.165) is 86.0 Å². The van der Waals surface area contributed by atoms with Crippen molar-refractivity contribution in [3.8, 4) is 0 Å². The summed E-state index contributed by atoms with van der Waals surface area (Å²) in [6.07, 6.45) is 9.23. The number of likely N-dealkylation sites (N-methyl/N-ethyl adjacent to an activating group) is 2. The minimum atomic E-state index is -0.238. The molecule has 1 fully saturated rings. The van der Waals surface area contributed by atoms with E-state index < -0.39 is 0 Å². The van der Waals surface area contributed by atoms with E-state index in [-0.39, 0.29) is 30.0 Å². The molecule has 4 aliphatic rings. The zero-order valence-electron chi connectivity index (χ0n) is 23.9. The van der Waals surface area contributed by atoms with E-state index in [1.165, 1.54) is 5.57 Å². The predicted octanol–water partition coefficient (Wildman–Crippen LogP) is 3.48. The number of nitrogens with zero attached hydrogens (tertiary/aromatic N) is 2. The van der Waals surface area contributed by atoms with Crippen LogP contribution in [-0.4, -0.2) is 72.7 Å². The maximum Gasteiger partial charge on any atom is 0.253 e. The third-order valence-corrected chi connectivity index (χ3v) is 8.57. The summed E-state index contributed by atoms with van der Waals surface area (Å²) < 4.78 is 12.2. The van der Waals surface area contributed by atoms with Crippen LogP contribution in [0, 0.1) is 19.8 Å². The molecule has 2 unspecified atom stereocenters. The van der Waals surface area contributed by atoms with Gasteiger partial charge in [-0.15, -0.1) is 0 Å². The molecule has 1 aromatic heterocycles. The van der Waals surface area contributed by atoms with Crippen molar-refractivity contribution in [2.24, 2.45) is 5.92 Å². The van der Waals surface area contributed by atoms with Crippen LogP contribution in [0.15, 0.2) is 57.3 Å². The summed E-state index contributed by atoms with van der Waals surface area (Å²) in [4.78, 5) is 34.1. The van der Waals surface area contributed by atoms with Crippen LogP contribution < -0.4 is 10.9 Å². The van der Waals surface area contributed by atoms with E-state index in [9.17, 15) is 9.59 Å². The number of carbonyl (C=O) groups excluding carboxylic acids is 1. The number of aromatic nitrogens is 1. The monoisotopic (exact) mass is 534 g/mol. The Morgan fingerprint density at radius 3 is 2.64 bits per heavy atom. The second kappa shape index (κ2) is 11.6. The van der Waals surface area contributed by atoms with Crippen molar-refractivity contribution in [3.05, 3.63) is 79.6 Å². The van der Waals surface area contributed by atoms with Gasteiger partial charge >= 0.3 is 0 Å². The molecule has 2 N–H and O–H groups in total. The van der Waals surface area contributed by atoms with Crippen LogP contribution in [-0.2, 0) is 20.8 Å². The van der Waals surface area contributed by atoms with E-state index in [2.05, 4.69) is 59.2 Å². The lowest BCUT2D eigenvalue weighted by Crippen LogP contribution is -2.42. The van der Waals surface area contributed by atoms with Gasteiger partial charge in [-0.25, -0.2) is 0 Å². The number of rotatable bonds is 7. The summed E-state index contributed by atoms with van der Waals surface area (Å²) in [6, 6.07) is 2.30. The maximum absolute atomic E-state index is 13.9. The van der Waals surface area contributed by atoms with E-state index in [0.29, 0.717) is 11.6 Å². The largest absolute Gasteiger partial charge is 0.485 e. The fraction of sp³-hybridized carbons (Fsp3) is 0.548. The number of aryl methyl sites for hydroxylation is 2. The average molecular weight is 535 g/mol. The van der Waals surface area contributed by atoms with E-state index >= 15 is 0 Å². The second-order valence-electron chi connectivity index (χ2n) is 11.2. The molecule has 8 heteroatoms. The first-order valence-electron chi connectivity index (χ1n) is 14.3. The lowest BCUT2D eigenvalue weighted by Gasteiger charge is -2.40. The highest BCUT2D eigenvalue weighted by atomic mass is 16.5.